The molecule has 0 radical (unpaired) electrons. The van der Waals surface area contributed by atoms with Crippen molar-refractivity contribution in [1.29, 1.82) is 0 Å². The van der Waals surface area contributed by atoms with Crippen LogP contribution in [0.3, 0.4) is 0 Å². The Bertz CT molecular complexity index is 399. The molecule has 1 saturated heterocycles. The lowest BCUT2D eigenvalue weighted by atomic mass is 10.1. The first-order valence-corrected chi connectivity index (χ1v) is 6.36. The maximum Gasteiger partial charge on any atom is 0.135 e. The van der Waals surface area contributed by atoms with E-state index in [1.54, 1.807) is 12.1 Å². The van der Waals surface area contributed by atoms with Crippen LogP contribution < -0.4 is 4.74 Å². The van der Waals surface area contributed by atoms with Gasteiger partial charge in [-0.2, -0.15) is 0 Å². The topological polar surface area (TPSA) is 29.5 Å². The highest BCUT2D eigenvalue weighted by atomic mass is 19.1. The average molecular weight is 251 g/mol. The molecule has 0 saturated carbocycles. The SMILES string of the molecule is O=C1CCN(CCCOc2cccc(F)c2)CC1. The molecule has 0 bridgehead atoms. The molecule has 0 aromatic heterocycles. The number of carbonyl (C=O) groups excluding carboxylic acids is 1. The maximum absolute atomic E-state index is 12.9. The summed E-state index contributed by atoms with van der Waals surface area (Å²) in [5.41, 5.74) is 0. The van der Waals surface area contributed by atoms with Crippen molar-refractivity contribution >= 4 is 5.78 Å². The highest BCUT2D eigenvalue weighted by molar-refractivity contribution is 5.79. The largest absolute Gasteiger partial charge is 0.493 e. The molecule has 0 amide bonds. The number of hydrogen-bond donors (Lipinski definition) is 0. The molecule has 1 aromatic carbocycles. The van der Waals surface area contributed by atoms with Crippen LogP contribution >= 0.6 is 0 Å². The van der Waals surface area contributed by atoms with E-state index in [2.05, 4.69) is 4.90 Å². The Morgan fingerprint density at radius 3 is 2.78 bits per heavy atom. The zero-order chi connectivity index (χ0) is 12.8. The van der Waals surface area contributed by atoms with Crippen LogP contribution in [0.1, 0.15) is 19.3 Å². The summed E-state index contributed by atoms with van der Waals surface area (Å²) in [5, 5.41) is 0. The molecule has 2 rings (SSSR count). The van der Waals surface area contributed by atoms with Crippen molar-refractivity contribution in [2.24, 2.45) is 0 Å². The number of piperidine rings is 1. The van der Waals surface area contributed by atoms with Crippen LogP contribution in [-0.4, -0.2) is 36.9 Å². The molecular weight excluding hydrogens is 233 g/mol. The first-order chi connectivity index (χ1) is 8.74. The van der Waals surface area contributed by atoms with Gasteiger partial charge in [0, 0.05) is 38.5 Å². The van der Waals surface area contributed by atoms with E-state index in [0.29, 0.717) is 31.0 Å². The molecule has 1 heterocycles. The highest BCUT2D eigenvalue weighted by Gasteiger charge is 2.15. The number of carbonyl (C=O) groups is 1. The predicted octanol–water partition coefficient (Wildman–Crippen LogP) is 2.26. The molecule has 4 heteroatoms. The molecule has 0 spiro atoms. The van der Waals surface area contributed by atoms with E-state index in [9.17, 15) is 9.18 Å². The Morgan fingerprint density at radius 2 is 2.06 bits per heavy atom. The second kappa shape index (κ2) is 6.50. The Balaban J connectivity index is 1.63. The molecule has 1 aromatic rings. The first-order valence-electron chi connectivity index (χ1n) is 6.36. The van der Waals surface area contributed by atoms with E-state index < -0.39 is 0 Å². The Morgan fingerprint density at radius 1 is 1.28 bits per heavy atom. The average Bonchev–Trinajstić information content (AvgIpc) is 2.37. The third kappa shape index (κ3) is 4.11. The standard InChI is InChI=1S/C14H18FNO2/c15-12-3-1-4-14(11-12)18-10-2-7-16-8-5-13(17)6-9-16/h1,3-4,11H,2,5-10H2. The number of halogens is 1. The van der Waals surface area contributed by atoms with Gasteiger partial charge in [-0.1, -0.05) is 6.07 Å². The Labute approximate surface area is 107 Å². The Kier molecular flexibility index (Phi) is 4.70. The summed E-state index contributed by atoms with van der Waals surface area (Å²) in [6.07, 6.45) is 2.24. The predicted molar refractivity (Wildman–Crippen MR) is 67.2 cm³/mol. The molecule has 0 N–H and O–H groups in total. The molecular formula is C14H18FNO2. The van der Waals surface area contributed by atoms with Crippen molar-refractivity contribution in [3.05, 3.63) is 30.1 Å². The summed E-state index contributed by atoms with van der Waals surface area (Å²) >= 11 is 0. The van der Waals surface area contributed by atoms with Crippen LogP contribution in [0.4, 0.5) is 4.39 Å². The summed E-state index contributed by atoms with van der Waals surface area (Å²) < 4.78 is 18.3. The van der Waals surface area contributed by atoms with Gasteiger partial charge >= 0.3 is 0 Å². The highest BCUT2D eigenvalue weighted by Crippen LogP contribution is 2.12. The first kappa shape index (κ1) is 13.0. The van der Waals surface area contributed by atoms with Gasteiger partial charge in [0.15, 0.2) is 0 Å². The van der Waals surface area contributed by atoms with Gasteiger partial charge in [0.05, 0.1) is 6.61 Å². The second-order valence-electron chi connectivity index (χ2n) is 4.54. The fourth-order valence-corrected chi connectivity index (χ4v) is 2.06. The second-order valence-corrected chi connectivity index (χ2v) is 4.54. The lowest BCUT2D eigenvalue weighted by Crippen LogP contribution is -2.34. The summed E-state index contributed by atoms with van der Waals surface area (Å²) in [6, 6.07) is 6.18. The van der Waals surface area contributed by atoms with Gasteiger partial charge in [-0.05, 0) is 18.6 Å². The number of benzene rings is 1. The van der Waals surface area contributed by atoms with E-state index in [-0.39, 0.29) is 5.82 Å². The smallest absolute Gasteiger partial charge is 0.135 e. The third-order valence-electron chi connectivity index (χ3n) is 3.10. The molecule has 0 atom stereocenters. The van der Waals surface area contributed by atoms with Crippen molar-refractivity contribution in [3.63, 3.8) is 0 Å². The van der Waals surface area contributed by atoms with Crippen molar-refractivity contribution < 1.29 is 13.9 Å². The van der Waals surface area contributed by atoms with Crippen molar-refractivity contribution in [3.8, 4) is 5.75 Å². The van der Waals surface area contributed by atoms with Crippen LogP contribution in [0.25, 0.3) is 0 Å². The van der Waals surface area contributed by atoms with Gasteiger partial charge in [0.1, 0.15) is 17.3 Å². The number of Topliss-reactive ketones (excluding diaryl/α,β-unsaturated/α-hetero) is 1. The van der Waals surface area contributed by atoms with Gasteiger partial charge in [-0.3, -0.25) is 4.79 Å². The fourth-order valence-electron chi connectivity index (χ4n) is 2.06. The summed E-state index contributed by atoms with van der Waals surface area (Å²) in [5.74, 6) is 0.660. The molecule has 98 valence electrons. The van der Waals surface area contributed by atoms with E-state index in [4.69, 9.17) is 4.74 Å². The molecule has 1 aliphatic heterocycles. The monoisotopic (exact) mass is 251 g/mol. The minimum Gasteiger partial charge on any atom is -0.493 e. The zero-order valence-electron chi connectivity index (χ0n) is 10.4. The van der Waals surface area contributed by atoms with Crippen LogP contribution in [0, 0.1) is 5.82 Å². The van der Waals surface area contributed by atoms with Gasteiger partial charge in [0.25, 0.3) is 0 Å². The van der Waals surface area contributed by atoms with Crippen molar-refractivity contribution in [2.75, 3.05) is 26.2 Å². The van der Waals surface area contributed by atoms with Crippen molar-refractivity contribution in [2.45, 2.75) is 19.3 Å². The minimum absolute atomic E-state index is 0.276. The van der Waals surface area contributed by atoms with Gasteiger partial charge in [-0.25, -0.2) is 4.39 Å². The molecule has 3 nitrogen and oxygen atoms in total. The molecule has 1 aliphatic rings. The van der Waals surface area contributed by atoms with Crippen LogP contribution in [0.15, 0.2) is 24.3 Å². The lowest BCUT2D eigenvalue weighted by Gasteiger charge is -2.25. The van der Waals surface area contributed by atoms with Crippen molar-refractivity contribution in [1.82, 2.24) is 4.90 Å². The molecule has 0 aliphatic carbocycles. The minimum atomic E-state index is -0.276. The fraction of sp³-hybridized carbons (Fsp3) is 0.500. The number of hydrogen-bond acceptors (Lipinski definition) is 3. The van der Waals surface area contributed by atoms with Gasteiger partial charge in [-0.15, -0.1) is 0 Å². The van der Waals surface area contributed by atoms with Gasteiger partial charge < -0.3 is 9.64 Å². The number of likely N-dealkylation sites (tertiary alicyclic amines) is 1. The zero-order valence-corrected chi connectivity index (χ0v) is 10.4. The maximum atomic E-state index is 12.9. The van der Waals surface area contributed by atoms with E-state index >= 15 is 0 Å². The van der Waals surface area contributed by atoms with Gasteiger partial charge in [0.2, 0.25) is 0 Å². The third-order valence-corrected chi connectivity index (χ3v) is 3.10. The number of ketones is 1. The molecule has 1 fully saturated rings. The summed E-state index contributed by atoms with van der Waals surface area (Å²) in [6.45, 7) is 3.23. The van der Waals surface area contributed by atoms with Crippen LogP contribution in [-0.2, 0) is 4.79 Å². The van der Waals surface area contributed by atoms with Crippen LogP contribution in [0.5, 0.6) is 5.75 Å². The van der Waals surface area contributed by atoms with E-state index in [1.807, 2.05) is 0 Å². The van der Waals surface area contributed by atoms with E-state index in [1.165, 1.54) is 12.1 Å². The number of nitrogens with zero attached hydrogens (tertiary/aromatic N) is 1. The summed E-state index contributed by atoms with van der Waals surface area (Å²) in [4.78, 5) is 13.3. The molecule has 18 heavy (non-hydrogen) atoms. The summed E-state index contributed by atoms with van der Waals surface area (Å²) in [7, 11) is 0. The molecule has 0 unspecified atom stereocenters. The van der Waals surface area contributed by atoms with E-state index in [0.717, 1.165) is 26.1 Å². The Hall–Kier alpha value is -1.42. The number of rotatable bonds is 5. The van der Waals surface area contributed by atoms with Crippen LogP contribution in [0.2, 0.25) is 0 Å². The lowest BCUT2D eigenvalue weighted by molar-refractivity contribution is -0.121. The quantitative estimate of drug-likeness (QED) is 0.752. The normalized spacial score (nSPS) is 16.8. The number of ether oxygens (including phenoxy) is 1.